The number of halogens is 3. The van der Waals surface area contributed by atoms with Crippen LogP contribution < -0.4 is 10.4 Å². The lowest BCUT2D eigenvalue weighted by molar-refractivity contribution is -0.277. The highest BCUT2D eigenvalue weighted by Gasteiger charge is 2.44. The molecule has 1 fully saturated rings. The summed E-state index contributed by atoms with van der Waals surface area (Å²) in [6.07, 6.45) is -11.8. The van der Waals surface area contributed by atoms with Gasteiger partial charge >= 0.3 is 12.1 Å². The number of hydrogen-bond acceptors (Lipinski definition) is 10. The van der Waals surface area contributed by atoms with Crippen molar-refractivity contribution in [3.05, 3.63) is 95.2 Å². The predicted octanol–water partition coefficient (Wildman–Crippen LogP) is 2.83. The number of hydrogen-bond donors (Lipinski definition) is 6. The van der Waals surface area contributed by atoms with Crippen LogP contribution in [-0.2, 0) is 10.9 Å². The molecule has 1 aliphatic rings. The number of nitrogens with one attached hydrogen (secondary N) is 1. The number of aliphatic hydroxyl groups is 4. The van der Waals surface area contributed by atoms with E-state index in [1.807, 2.05) is 0 Å². The third kappa shape index (κ3) is 6.39. The Morgan fingerprint density at radius 1 is 0.958 bits per heavy atom. The Bertz CT molecular complexity index is 2010. The van der Waals surface area contributed by atoms with Crippen LogP contribution in [-0.4, -0.2) is 88.4 Å². The second-order valence-electron chi connectivity index (χ2n) is 11.0. The van der Waals surface area contributed by atoms with Gasteiger partial charge in [0.25, 0.3) is 0 Å². The summed E-state index contributed by atoms with van der Waals surface area (Å²) in [5.74, 6) is -0.639. The molecule has 5 atom stereocenters. The maximum Gasteiger partial charge on any atom is 0.416 e. The summed E-state index contributed by atoms with van der Waals surface area (Å²) in [5.41, 5.74) is 1.97. The molecular formula is C32H28F3N5O8. The molecule has 1 aliphatic heterocycles. The number of nitrogens with zero attached hydrogens (tertiary/aromatic N) is 4. The van der Waals surface area contributed by atoms with Gasteiger partial charge < -0.3 is 40.0 Å². The largest absolute Gasteiger partial charge is 0.478 e. The molecule has 0 aliphatic carbocycles. The van der Waals surface area contributed by atoms with Crippen LogP contribution in [0.4, 0.5) is 18.9 Å². The molecule has 16 heteroatoms. The number of carboxylic acid groups (broad SMARTS) is 1. The van der Waals surface area contributed by atoms with E-state index in [9.17, 15) is 43.5 Å². The highest BCUT2D eigenvalue weighted by Crippen LogP contribution is 2.34. The molecule has 0 amide bonds. The molecule has 3 aromatic carbocycles. The van der Waals surface area contributed by atoms with Crippen molar-refractivity contribution in [3.63, 3.8) is 0 Å². The first kappa shape index (κ1) is 32.8. The monoisotopic (exact) mass is 667 g/mol. The fraction of sp³-hybridized carbons (Fsp3) is 0.250. The van der Waals surface area contributed by atoms with Crippen molar-refractivity contribution >= 4 is 17.3 Å². The number of aliphatic hydroxyl groups excluding tert-OH is 4. The smallest absolute Gasteiger partial charge is 0.416 e. The fourth-order valence-corrected chi connectivity index (χ4v) is 5.27. The lowest BCUT2D eigenvalue weighted by atomic mass is 9.99. The highest BCUT2D eigenvalue weighted by atomic mass is 19.4. The topological polar surface area (TPSA) is 195 Å². The van der Waals surface area contributed by atoms with Crippen LogP contribution in [0.15, 0.2) is 77.8 Å². The van der Waals surface area contributed by atoms with E-state index in [4.69, 9.17) is 9.47 Å². The Balaban J connectivity index is 1.40. The zero-order valence-electron chi connectivity index (χ0n) is 24.9. The normalized spacial score (nSPS) is 21.8. The second-order valence-corrected chi connectivity index (χ2v) is 11.0. The number of alkyl halides is 3. The fourth-order valence-electron chi connectivity index (χ4n) is 5.27. The van der Waals surface area contributed by atoms with Crippen LogP contribution in [0, 0.1) is 6.92 Å². The quantitative estimate of drug-likeness (QED) is 0.150. The average Bonchev–Trinajstić information content (AvgIpc) is 3.40. The van der Waals surface area contributed by atoms with Crippen LogP contribution in [0.5, 0.6) is 5.75 Å². The van der Waals surface area contributed by atoms with Gasteiger partial charge in [0.15, 0.2) is 5.82 Å². The van der Waals surface area contributed by atoms with Gasteiger partial charge in [-0.3, -0.25) is 0 Å². The van der Waals surface area contributed by atoms with E-state index in [-0.39, 0.29) is 22.8 Å². The lowest BCUT2D eigenvalue weighted by Gasteiger charge is -2.39. The Hall–Kier alpha value is -5.13. The first-order valence-corrected chi connectivity index (χ1v) is 14.5. The molecule has 48 heavy (non-hydrogen) atoms. The first-order valence-electron chi connectivity index (χ1n) is 14.5. The van der Waals surface area contributed by atoms with Gasteiger partial charge in [-0.05, 0) is 61.0 Å². The van der Waals surface area contributed by atoms with Gasteiger partial charge in [-0.1, -0.05) is 24.3 Å². The molecule has 0 saturated carbocycles. The number of aryl methyl sites for hydroxylation is 1. The standard InChI is InChI=1S/C32H28F3N5O8/c1-15-23(16-6-8-19(9-7-16)32(33,34)35)28-38-31(37-27(40(28)39-15)17-2-4-18(5-3-17)29(45)46)36-20-10-12-21(13-11-20)47-30-26(44)25(43)24(42)22(14-41)48-30/h2-13,22,24-26,30,41-44H,14H2,1H3,(H,36,38)(H,45,46). The number of carboxylic acids is 1. The number of ether oxygens (including phenoxy) is 2. The molecule has 5 unspecified atom stereocenters. The maximum absolute atomic E-state index is 13.3. The Labute approximate surface area is 268 Å². The summed E-state index contributed by atoms with van der Waals surface area (Å²) < 4.78 is 52.3. The van der Waals surface area contributed by atoms with Crippen molar-refractivity contribution in [2.45, 2.75) is 43.8 Å². The molecule has 1 saturated heterocycles. The summed E-state index contributed by atoms with van der Waals surface area (Å²) in [6, 6.07) is 16.7. The van der Waals surface area contributed by atoms with Crippen LogP contribution in [0.3, 0.4) is 0 Å². The Morgan fingerprint density at radius 3 is 2.21 bits per heavy atom. The van der Waals surface area contributed by atoms with E-state index in [2.05, 4.69) is 20.1 Å². The van der Waals surface area contributed by atoms with Crippen molar-refractivity contribution < 1.29 is 53.0 Å². The summed E-state index contributed by atoms with van der Waals surface area (Å²) in [7, 11) is 0. The summed E-state index contributed by atoms with van der Waals surface area (Å²) in [4.78, 5) is 23.7. The van der Waals surface area contributed by atoms with Crippen molar-refractivity contribution in [3.8, 4) is 28.3 Å². The number of carbonyl (C=O) groups is 1. The van der Waals surface area contributed by atoms with Crippen molar-refractivity contribution in [2.75, 3.05) is 6.61 Å². The van der Waals surface area contributed by atoms with E-state index < -0.39 is 55.0 Å². The van der Waals surface area contributed by atoms with Gasteiger partial charge in [0.2, 0.25) is 11.9 Å². The minimum atomic E-state index is -4.51. The molecule has 2 aromatic heterocycles. The number of fused-ring (bicyclic) bond motifs is 1. The molecule has 0 radical (unpaired) electrons. The minimum absolute atomic E-state index is 0.0514. The van der Waals surface area contributed by atoms with E-state index in [0.717, 1.165) is 12.1 Å². The van der Waals surface area contributed by atoms with Crippen molar-refractivity contribution in [1.29, 1.82) is 0 Å². The van der Waals surface area contributed by atoms with Crippen LogP contribution >= 0.6 is 0 Å². The second kappa shape index (κ2) is 12.8. The number of rotatable bonds is 7. The zero-order chi connectivity index (χ0) is 34.3. The molecule has 13 nitrogen and oxygen atoms in total. The van der Waals surface area contributed by atoms with E-state index in [0.29, 0.717) is 33.7 Å². The van der Waals surface area contributed by atoms with Gasteiger partial charge in [-0.15, -0.1) is 0 Å². The van der Waals surface area contributed by atoms with E-state index in [1.165, 1.54) is 40.9 Å². The maximum atomic E-state index is 13.3. The van der Waals surface area contributed by atoms with Gasteiger partial charge in [0.05, 0.1) is 29.1 Å². The predicted molar refractivity (Wildman–Crippen MR) is 161 cm³/mol. The molecule has 6 N–H and O–H groups in total. The molecule has 250 valence electrons. The summed E-state index contributed by atoms with van der Waals surface area (Å²) in [5, 5.41) is 53.7. The molecule has 0 bridgehead atoms. The van der Waals surface area contributed by atoms with Gasteiger partial charge in [0.1, 0.15) is 35.8 Å². The zero-order valence-corrected chi connectivity index (χ0v) is 24.9. The van der Waals surface area contributed by atoms with E-state index in [1.54, 1.807) is 31.2 Å². The first-order chi connectivity index (χ1) is 22.8. The van der Waals surface area contributed by atoms with E-state index >= 15 is 0 Å². The Kier molecular flexibility index (Phi) is 8.76. The molecular weight excluding hydrogens is 639 g/mol. The molecule has 5 aromatic rings. The number of aromatic nitrogens is 4. The van der Waals surface area contributed by atoms with Gasteiger partial charge in [-0.25, -0.2) is 9.79 Å². The highest BCUT2D eigenvalue weighted by molar-refractivity contribution is 5.88. The SMILES string of the molecule is Cc1nn2c(-c3ccc(C(=O)O)cc3)n/c(=N\c3ccc(OC4OC(CO)C(O)C(O)C4O)cc3)[nH]c2c1-c1ccc(C(F)(F)F)cc1. The third-order valence-electron chi connectivity index (χ3n) is 7.77. The number of H-pyrrole nitrogens is 1. The average molecular weight is 668 g/mol. The van der Waals surface area contributed by atoms with Crippen LogP contribution in [0.2, 0.25) is 0 Å². The lowest BCUT2D eigenvalue weighted by Crippen LogP contribution is -2.60. The Morgan fingerprint density at radius 2 is 1.60 bits per heavy atom. The van der Waals surface area contributed by atoms with Crippen LogP contribution in [0.25, 0.3) is 28.2 Å². The molecule has 6 rings (SSSR count). The number of aromatic amines is 1. The van der Waals surface area contributed by atoms with Crippen molar-refractivity contribution in [1.82, 2.24) is 19.6 Å². The van der Waals surface area contributed by atoms with Crippen LogP contribution in [0.1, 0.15) is 21.6 Å². The van der Waals surface area contributed by atoms with Gasteiger partial charge in [-0.2, -0.15) is 27.8 Å². The number of benzene rings is 3. The number of aromatic carboxylic acids is 1. The summed E-state index contributed by atoms with van der Waals surface area (Å²) in [6.45, 7) is 1.08. The third-order valence-corrected chi connectivity index (χ3v) is 7.77. The van der Waals surface area contributed by atoms with Gasteiger partial charge in [0, 0.05) is 11.1 Å². The molecule has 3 heterocycles. The van der Waals surface area contributed by atoms with Crippen molar-refractivity contribution in [2.24, 2.45) is 4.99 Å². The summed E-state index contributed by atoms with van der Waals surface area (Å²) >= 11 is 0. The minimum Gasteiger partial charge on any atom is -0.478 e. The molecule has 0 spiro atoms.